The first-order valence-electron chi connectivity index (χ1n) is 4.42. The van der Waals surface area contributed by atoms with E-state index in [-0.39, 0.29) is 6.42 Å². The van der Waals surface area contributed by atoms with Crippen molar-refractivity contribution in [2.24, 2.45) is 0 Å². The van der Waals surface area contributed by atoms with E-state index >= 15 is 0 Å². The molecule has 0 atom stereocenters. The van der Waals surface area contributed by atoms with Gasteiger partial charge in [-0.25, -0.2) is 0 Å². The topological polar surface area (TPSA) is 70.6 Å². The molecule has 0 aliphatic rings. The molecule has 0 saturated carbocycles. The van der Waals surface area contributed by atoms with Gasteiger partial charge in [0.25, 0.3) is 0 Å². The summed E-state index contributed by atoms with van der Waals surface area (Å²) in [5.74, 6) is -0.817. The van der Waals surface area contributed by atoms with Gasteiger partial charge in [0.05, 0.1) is 19.6 Å². The zero-order valence-electron chi connectivity index (χ0n) is 8.01. The van der Waals surface area contributed by atoms with Crippen molar-refractivity contribution < 1.29 is 14.6 Å². The van der Waals surface area contributed by atoms with Gasteiger partial charge in [0, 0.05) is 19.6 Å². The van der Waals surface area contributed by atoms with Crippen LogP contribution >= 0.6 is 0 Å². The predicted molar refractivity (Wildman–Crippen MR) is 49.9 cm³/mol. The lowest BCUT2D eigenvalue weighted by atomic mass is 10.5. The number of carboxylic acid groups (broad SMARTS) is 1. The summed E-state index contributed by atoms with van der Waals surface area (Å²) in [4.78, 5) is 10.1. The number of hydrogen-bond donors (Lipinski definition) is 3. The number of likely N-dealkylation sites (N-methyl/N-ethyl adjacent to an activating group) is 1. The summed E-state index contributed by atoms with van der Waals surface area (Å²) in [7, 11) is 1.89. The Labute approximate surface area is 78.5 Å². The lowest BCUT2D eigenvalue weighted by molar-refractivity contribution is -0.138. The fourth-order valence-corrected chi connectivity index (χ4v) is 0.744. The minimum Gasteiger partial charge on any atom is -0.481 e. The maximum atomic E-state index is 10.1. The highest BCUT2D eigenvalue weighted by molar-refractivity contribution is 5.66. The highest BCUT2D eigenvalue weighted by Crippen LogP contribution is 1.81. The van der Waals surface area contributed by atoms with E-state index in [0.29, 0.717) is 13.2 Å². The zero-order chi connectivity index (χ0) is 9.94. The number of hydrogen-bond acceptors (Lipinski definition) is 4. The number of rotatable bonds is 9. The van der Waals surface area contributed by atoms with Gasteiger partial charge in [-0.3, -0.25) is 4.79 Å². The Morgan fingerprint density at radius 2 is 2.08 bits per heavy atom. The smallest absolute Gasteiger partial charge is 0.305 e. The van der Waals surface area contributed by atoms with Crippen LogP contribution in [0.5, 0.6) is 0 Å². The minimum absolute atomic E-state index is 0.0799. The zero-order valence-corrected chi connectivity index (χ0v) is 8.01. The van der Waals surface area contributed by atoms with Gasteiger partial charge in [0.1, 0.15) is 0 Å². The number of aliphatic carboxylic acids is 1. The summed E-state index contributed by atoms with van der Waals surface area (Å²) >= 11 is 0. The standard InChI is InChI=1S/C8H18N2O3/c1-9-3-4-10-5-7-13-6-2-8(11)12/h9-10H,2-7H2,1H3,(H,11,12). The number of ether oxygens (including phenoxy) is 1. The lowest BCUT2D eigenvalue weighted by Crippen LogP contribution is -2.27. The molecule has 5 heteroatoms. The van der Waals surface area contributed by atoms with Gasteiger partial charge >= 0.3 is 5.97 Å². The maximum Gasteiger partial charge on any atom is 0.305 e. The number of carbonyl (C=O) groups is 1. The van der Waals surface area contributed by atoms with Crippen LogP contribution in [-0.4, -0.2) is 51.0 Å². The predicted octanol–water partition coefficient (Wildman–Crippen LogP) is -0.713. The maximum absolute atomic E-state index is 10.1. The number of carboxylic acids is 1. The van der Waals surface area contributed by atoms with Crippen LogP contribution < -0.4 is 10.6 Å². The normalized spacial score (nSPS) is 10.2. The molecule has 0 spiro atoms. The molecule has 0 bridgehead atoms. The Bertz CT molecular complexity index is 131. The molecule has 0 amide bonds. The van der Waals surface area contributed by atoms with Gasteiger partial charge in [0.15, 0.2) is 0 Å². The van der Waals surface area contributed by atoms with Crippen molar-refractivity contribution in [2.45, 2.75) is 6.42 Å². The summed E-state index contributed by atoms with van der Waals surface area (Å²) in [5, 5.41) is 14.4. The molecule has 0 aromatic heterocycles. The second kappa shape index (κ2) is 9.44. The van der Waals surface area contributed by atoms with Crippen LogP contribution in [0.4, 0.5) is 0 Å². The molecule has 0 aliphatic carbocycles. The van der Waals surface area contributed by atoms with Crippen LogP contribution in [0.15, 0.2) is 0 Å². The van der Waals surface area contributed by atoms with Crippen molar-refractivity contribution in [3.63, 3.8) is 0 Å². The van der Waals surface area contributed by atoms with Crippen molar-refractivity contribution in [2.75, 3.05) is 39.9 Å². The van der Waals surface area contributed by atoms with E-state index in [1.807, 2.05) is 7.05 Å². The average Bonchev–Trinajstić information content (AvgIpc) is 2.09. The first-order chi connectivity index (χ1) is 6.27. The van der Waals surface area contributed by atoms with E-state index in [1.54, 1.807) is 0 Å². The van der Waals surface area contributed by atoms with Crippen LogP contribution in [0.1, 0.15) is 6.42 Å². The summed E-state index contributed by atoms with van der Waals surface area (Å²) in [6.45, 7) is 3.45. The molecule has 0 radical (unpaired) electrons. The van der Waals surface area contributed by atoms with Crippen molar-refractivity contribution in [1.29, 1.82) is 0 Å². The second-order valence-corrected chi connectivity index (χ2v) is 2.61. The lowest BCUT2D eigenvalue weighted by Gasteiger charge is -2.04. The van der Waals surface area contributed by atoms with E-state index in [4.69, 9.17) is 9.84 Å². The van der Waals surface area contributed by atoms with Crippen molar-refractivity contribution in [3.8, 4) is 0 Å². The van der Waals surface area contributed by atoms with E-state index in [9.17, 15) is 4.79 Å². The van der Waals surface area contributed by atoms with E-state index in [1.165, 1.54) is 0 Å². The summed E-state index contributed by atoms with van der Waals surface area (Å²) in [6, 6.07) is 0. The summed E-state index contributed by atoms with van der Waals surface area (Å²) < 4.78 is 5.06. The van der Waals surface area contributed by atoms with Crippen LogP contribution in [0.3, 0.4) is 0 Å². The Balaban J connectivity index is 2.87. The first-order valence-corrected chi connectivity index (χ1v) is 4.42. The van der Waals surface area contributed by atoms with E-state index in [2.05, 4.69) is 10.6 Å². The molecular formula is C8H18N2O3. The van der Waals surface area contributed by atoms with Crippen molar-refractivity contribution in [3.05, 3.63) is 0 Å². The van der Waals surface area contributed by atoms with Gasteiger partial charge in [-0.05, 0) is 7.05 Å². The molecule has 78 valence electrons. The Morgan fingerprint density at radius 3 is 2.69 bits per heavy atom. The van der Waals surface area contributed by atoms with E-state index in [0.717, 1.165) is 19.6 Å². The molecular weight excluding hydrogens is 172 g/mol. The molecule has 0 aliphatic heterocycles. The monoisotopic (exact) mass is 190 g/mol. The van der Waals surface area contributed by atoms with Crippen molar-refractivity contribution in [1.82, 2.24) is 10.6 Å². The molecule has 0 unspecified atom stereocenters. The fourth-order valence-electron chi connectivity index (χ4n) is 0.744. The van der Waals surface area contributed by atoms with Gasteiger partial charge < -0.3 is 20.5 Å². The third kappa shape index (κ3) is 11.3. The molecule has 0 aromatic rings. The van der Waals surface area contributed by atoms with Crippen molar-refractivity contribution >= 4 is 5.97 Å². The fraction of sp³-hybridized carbons (Fsp3) is 0.875. The third-order valence-corrected chi connectivity index (χ3v) is 1.44. The van der Waals surface area contributed by atoms with Crippen LogP contribution in [0.25, 0.3) is 0 Å². The van der Waals surface area contributed by atoms with Crippen LogP contribution in [0.2, 0.25) is 0 Å². The summed E-state index contributed by atoms with van der Waals surface area (Å²) in [6.07, 6.45) is 0.0799. The third-order valence-electron chi connectivity index (χ3n) is 1.44. The molecule has 0 heterocycles. The number of nitrogens with one attached hydrogen (secondary N) is 2. The highest BCUT2D eigenvalue weighted by Gasteiger charge is 1.95. The Morgan fingerprint density at radius 1 is 1.31 bits per heavy atom. The average molecular weight is 190 g/mol. The van der Waals surface area contributed by atoms with Crippen LogP contribution in [-0.2, 0) is 9.53 Å². The first kappa shape index (κ1) is 12.3. The Kier molecular flexibility index (Phi) is 8.97. The largest absolute Gasteiger partial charge is 0.481 e. The molecule has 0 fully saturated rings. The SMILES string of the molecule is CNCCNCCOCCC(=O)O. The molecule has 5 nitrogen and oxygen atoms in total. The minimum atomic E-state index is -0.817. The van der Waals surface area contributed by atoms with Gasteiger partial charge in [-0.1, -0.05) is 0 Å². The molecule has 3 N–H and O–H groups in total. The molecule has 0 saturated heterocycles. The Hall–Kier alpha value is -0.650. The highest BCUT2D eigenvalue weighted by atomic mass is 16.5. The molecule has 0 rings (SSSR count). The van der Waals surface area contributed by atoms with Crippen LogP contribution in [0, 0.1) is 0 Å². The summed E-state index contributed by atoms with van der Waals surface area (Å²) in [5.41, 5.74) is 0. The van der Waals surface area contributed by atoms with Gasteiger partial charge in [-0.15, -0.1) is 0 Å². The second-order valence-electron chi connectivity index (χ2n) is 2.61. The quantitative estimate of drug-likeness (QED) is 0.419. The van der Waals surface area contributed by atoms with E-state index < -0.39 is 5.97 Å². The van der Waals surface area contributed by atoms with Gasteiger partial charge in [-0.2, -0.15) is 0 Å². The molecule has 13 heavy (non-hydrogen) atoms. The van der Waals surface area contributed by atoms with Gasteiger partial charge in [0.2, 0.25) is 0 Å². The molecule has 0 aromatic carbocycles.